The molecule has 0 saturated heterocycles. The van der Waals surface area contributed by atoms with Gasteiger partial charge in [0.1, 0.15) is 0 Å². The Morgan fingerprint density at radius 3 is 2.59 bits per heavy atom. The van der Waals surface area contributed by atoms with E-state index in [1.54, 1.807) is 0 Å². The molecule has 17 heavy (non-hydrogen) atoms. The van der Waals surface area contributed by atoms with E-state index in [-0.39, 0.29) is 12.3 Å². The Kier molecular flexibility index (Phi) is 6.56. The van der Waals surface area contributed by atoms with Crippen LogP contribution in [0.3, 0.4) is 0 Å². The van der Waals surface area contributed by atoms with Gasteiger partial charge in [0, 0.05) is 6.42 Å². The first-order valence-corrected chi connectivity index (χ1v) is 7.03. The van der Waals surface area contributed by atoms with Gasteiger partial charge in [0.05, 0.1) is 0 Å². The highest BCUT2D eigenvalue weighted by Crippen LogP contribution is 2.31. The van der Waals surface area contributed by atoms with Crippen molar-refractivity contribution in [1.29, 1.82) is 0 Å². The van der Waals surface area contributed by atoms with Gasteiger partial charge in [-0.1, -0.05) is 45.4 Å². The fraction of sp³-hybridized carbons (Fsp3) is 0.929. The Bertz CT molecular complexity index is 224. The maximum absolute atomic E-state index is 10.7. The van der Waals surface area contributed by atoms with E-state index in [2.05, 4.69) is 6.92 Å². The summed E-state index contributed by atoms with van der Waals surface area (Å²) in [6.45, 7) is 2.74. The molecule has 0 bridgehead atoms. The Morgan fingerprint density at radius 1 is 1.41 bits per heavy atom. The molecule has 0 aromatic rings. The average Bonchev–Trinajstić information content (AvgIpc) is 2.77. The first kappa shape index (κ1) is 14.5. The van der Waals surface area contributed by atoms with E-state index in [4.69, 9.17) is 10.8 Å². The van der Waals surface area contributed by atoms with Crippen LogP contribution in [0.2, 0.25) is 0 Å². The SMILES string of the molecule is C[C@H](CCC1CCCC1)C[C@H](CN)CC(=O)O. The molecule has 1 aliphatic rings. The highest BCUT2D eigenvalue weighted by atomic mass is 16.4. The first-order valence-electron chi connectivity index (χ1n) is 7.03. The minimum Gasteiger partial charge on any atom is -0.481 e. The summed E-state index contributed by atoms with van der Waals surface area (Å²) in [4.78, 5) is 10.7. The lowest BCUT2D eigenvalue weighted by Gasteiger charge is -2.19. The average molecular weight is 241 g/mol. The quantitative estimate of drug-likeness (QED) is 0.686. The summed E-state index contributed by atoms with van der Waals surface area (Å²) in [5.74, 6) is 0.992. The molecule has 100 valence electrons. The van der Waals surface area contributed by atoms with Gasteiger partial charge in [-0.25, -0.2) is 0 Å². The highest BCUT2D eigenvalue weighted by molar-refractivity contribution is 5.67. The molecule has 0 radical (unpaired) electrons. The van der Waals surface area contributed by atoms with Gasteiger partial charge in [-0.3, -0.25) is 4.79 Å². The zero-order valence-corrected chi connectivity index (χ0v) is 11.0. The zero-order chi connectivity index (χ0) is 12.7. The molecule has 2 atom stereocenters. The summed E-state index contributed by atoms with van der Waals surface area (Å²) in [5.41, 5.74) is 5.62. The molecule has 1 aliphatic carbocycles. The van der Waals surface area contributed by atoms with Crippen LogP contribution in [-0.2, 0) is 4.79 Å². The predicted molar refractivity (Wildman–Crippen MR) is 69.8 cm³/mol. The van der Waals surface area contributed by atoms with Crippen molar-refractivity contribution < 1.29 is 9.90 Å². The van der Waals surface area contributed by atoms with Crippen molar-refractivity contribution in [2.45, 2.75) is 58.3 Å². The summed E-state index contributed by atoms with van der Waals surface area (Å²) < 4.78 is 0. The smallest absolute Gasteiger partial charge is 0.303 e. The number of hydrogen-bond donors (Lipinski definition) is 2. The lowest BCUT2D eigenvalue weighted by molar-refractivity contribution is -0.138. The second-order valence-electron chi connectivity index (χ2n) is 5.77. The molecule has 3 heteroatoms. The third-order valence-corrected chi connectivity index (χ3v) is 4.07. The molecular weight excluding hydrogens is 214 g/mol. The van der Waals surface area contributed by atoms with Gasteiger partial charge in [0.2, 0.25) is 0 Å². The fourth-order valence-electron chi connectivity index (χ4n) is 3.02. The predicted octanol–water partition coefficient (Wildman–Crippen LogP) is 3.03. The topological polar surface area (TPSA) is 63.3 Å². The third-order valence-electron chi connectivity index (χ3n) is 4.07. The van der Waals surface area contributed by atoms with E-state index in [0.717, 1.165) is 12.3 Å². The van der Waals surface area contributed by atoms with E-state index in [1.165, 1.54) is 38.5 Å². The fourth-order valence-corrected chi connectivity index (χ4v) is 3.02. The summed E-state index contributed by atoms with van der Waals surface area (Å²) in [5, 5.41) is 8.77. The molecular formula is C14H27NO2. The number of aliphatic carboxylic acids is 1. The monoisotopic (exact) mass is 241 g/mol. The molecule has 0 aromatic carbocycles. The summed E-state index contributed by atoms with van der Waals surface area (Å²) >= 11 is 0. The maximum atomic E-state index is 10.7. The van der Waals surface area contributed by atoms with Gasteiger partial charge in [0.25, 0.3) is 0 Å². The normalized spacial score (nSPS) is 20.4. The van der Waals surface area contributed by atoms with Gasteiger partial charge in [-0.05, 0) is 30.7 Å². The lowest BCUT2D eigenvalue weighted by Crippen LogP contribution is -2.20. The van der Waals surface area contributed by atoms with Gasteiger partial charge >= 0.3 is 5.97 Å². The van der Waals surface area contributed by atoms with Crippen LogP contribution < -0.4 is 5.73 Å². The molecule has 0 spiro atoms. The Labute approximate surface area is 105 Å². The Morgan fingerprint density at radius 2 is 2.06 bits per heavy atom. The Balaban J connectivity index is 2.17. The number of nitrogens with two attached hydrogens (primary N) is 1. The number of rotatable bonds is 8. The van der Waals surface area contributed by atoms with Crippen molar-refractivity contribution in [3.8, 4) is 0 Å². The van der Waals surface area contributed by atoms with Crippen LogP contribution in [0.1, 0.15) is 58.3 Å². The van der Waals surface area contributed by atoms with Crippen molar-refractivity contribution in [1.82, 2.24) is 0 Å². The van der Waals surface area contributed by atoms with Crippen molar-refractivity contribution in [3.63, 3.8) is 0 Å². The Hall–Kier alpha value is -0.570. The van der Waals surface area contributed by atoms with Crippen LogP contribution >= 0.6 is 0 Å². The number of carboxylic acids is 1. The van der Waals surface area contributed by atoms with Crippen LogP contribution in [0.15, 0.2) is 0 Å². The molecule has 1 rings (SSSR count). The lowest BCUT2D eigenvalue weighted by atomic mass is 9.88. The van der Waals surface area contributed by atoms with Crippen molar-refractivity contribution in [2.75, 3.05) is 6.54 Å². The molecule has 0 amide bonds. The van der Waals surface area contributed by atoms with E-state index >= 15 is 0 Å². The van der Waals surface area contributed by atoms with Crippen molar-refractivity contribution in [2.24, 2.45) is 23.5 Å². The van der Waals surface area contributed by atoms with E-state index in [0.29, 0.717) is 12.5 Å². The van der Waals surface area contributed by atoms with Crippen LogP contribution in [0.5, 0.6) is 0 Å². The molecule has 0 aliphatic heterocycles. The van der Waals surface area contributed by atoms with Crippen molar-refractivity contribution in [3.05, 3.63) is 0 Å². The summed E-state index contributed by atoms with van der Waals surface area (Å²) in [6.07, 6.45) is 9.38. The summed E-state index contributed by atoms with van der Waals surface area (Å²) in [6, 6.07) is 0. The van der Waals surface area contributed by atoms with Crippen LogP contribution in [0.4, 0.5) is 0 Å². The van der Waals surface area contributed by atoms with Gasteiger partial charge in [-0.15, -0.1) is 0 Å². The number of hydrogen-bond acceptors (Lipinski definition) is 2. The van der Waals surface area contributed by atoms with Crippen LogP contribution in [-0.4, -0.2) is 17.6 Å². The van der Waals surface area contributed by atoms with Gasteiger partial charge in [0.15, 0.2) is 0 Å². The maximum Gasteiger partial charge on any atom is 0.303 e. The largest absolute Gasteiger partial charge is 0.481 e. The first-order chi connectivity index (χ1) is 8.11. The third kappa shape index (κ3) is 6.06. The standard InChI is InChI=1S/C14H27NO2/c1-11(6-7-12-4-2-3-5-12)8-13(10-15)9-14(16)17/h11-13H,2-10,15H2,1H3,(H,16,17)/t11-,13+/m1/s1. The molecule has 1 fully saturated rings. The van der Waals surface area contributed by atoms with E-state index < -0.39 is 5.97 Å². The minimum absolute atomic E-state index is 0.158. The van der Waals surface area contributed by atoms with Gasteiger partial charge in [-0.2, -0.15) is 0 Å². The number of carboxylic acid groups (broad SMARTS) is 1. The number of carbonyl (C=O) groups is 1. The van der Waals surface area contributed by atoms with Crippen molar-refractivity contribution >= 4 is 5.97 Å². The van der Waals surface area contributed by atoms with Crippen LogP contribution in [0.25, 0.3) is 0 Å². The second-order valence-corrected chi connectivity index (χ2v) is 5.77. The molecule has 3 N–H and O–H groups in total. The molecule has 0 unspecified atom stereocenters. The minimum atomic E-state index is -0.719. The zero-order valence-electron chi connectivity index (χ0n) is 11.0. The molecule has 1 saturated carbocycles. The molecule has 3 nitrogen and oxygen atoms in total. The van der Waals surface area contributed by atoms with E-state index in [1.807, 2.05) is 0 Å². The highest BCUT2D eigenvalue weighted by Gasteiger charge is 2.18. The van der Waals surface area contributed by atoms with E-state index in [9.17, 15) is 4.79 Å². The van der Waals surface area contributed by atoms with Gasteiger partial charge < -0.3 is 10.8 Å². The molecule has 0 heterocycles. The molecule has 0 aromatic heterocycles. The van der Waals surface area contributed by atoms with Crippen LogP contribution in [0, 0.1) is 17.8 Å². The second kappa shape index (κ2) is 7.70. The summed E-state index contributed by atoms with van der Waals surface area (Å²) in [7, 11) is 0.